The van der Waals surface area contributed by atoms with Crippen LogP contribution in [0, 0.1) is 6.92 Å². The van der Waals surface area contributed by atoms with Gasteiger partial charge in [-0.1, -0.05) is 62.9 Å². The molecule has 96 valence electrons. The Hall–Kier alpha value is -0.820. The molecule has 0 aliphatic rings. The van der Waals surface area contributed by atoms with Crippen LogP contribution in [-0.2, 0) is 6.54 Å². The fourth-order valence-corrected chi connectivity index (χ4v) is 2.23. The number of hydrogen-bond acceptors (Lipinski definition) is 1. The van der Waals surface area contributed by atoms with Gasteiger partial charge in [0.1, 0.15) is 0 Å². The maximum absolute atomic E-state index is 3.70. The van der Waals surface area contributed by atoms with Crippen molar-refractivity contribution in [2.75, 3.05) is 0 Å². The molecular weight excluding hydrogens is 206 g/mol. The Kier molecular flexibility index (Phi) is 6.95. The lowest BCUT2D eigenvalue weighted by Gasteiger charge is -2.18. The highest BCUT2D eigenvalue weighted by Crippen LogP contribution is 2.09. The highest BCUT2D eigenvalue weighted by molar-refractivity contribution is 5.21. The van der Waals surface area contributed by atoms with Crippen molar-refractivity contribution in [2.45, 2.75) is 65.5 Å². The standard InChI is InChI=1S/C16H27N/c1-4-6-11-16(8-5-2)17-13-15-10-7-9-14(3)12-15/h7,9-10,12,16-17H,4-6,8,11,13H2,1-3H3. The van der Waals surface area contributed by atoms with Crippen LogP contribution in [0.15, 0.2) is 24.3 Å². The van der Waals surface area contributed by atoms with E-state index in [0.717, 1.165) is 6.54 Å². The van der Waals surface area contributed by atoms with Gasteiger partial charge in [-0.3, -0.25) is 0 Å². The van der Waals surface area contributed by atoms with Gasteiger partial charge in [-0.25, -0.2) is 0 Å². The summed E-state index contributed by atoms with van der Waals surface area (Å²) in [4.78, 5) is 0. The number of unbranched alkanes of at least 4 members (excludes halogenated alkanes) is 1. The minimum Gasteiger partial charge on any atom is -0.310 e. The van der Waals surface area contributed by atoms with Crippen LogP contribution < -0.4 is 5.32 Å². The number of benzene rings is 1. The molecule has 0 aliphatic carbocycles. The molecule has 0 saturated heterocycles. The van der Waals surface area contributed by atoms with Crippen LogP contribution in [0.4, 0.5) is 0 Å². The largest absolute Gasteiger partial charge is 0.310 e. The van der Waals surface area contributed by atoms with Gasteiger partial charge in [0, 0.05) is 12.6 Å². The molecule has 1 unspecified atom stereocenters. The Balaban J connectivity index is 2.39. The van der Waals surface area contributed by atoms with Gasteiger partial charge < -0.3 is 5.32 Å². The lowest BCUT2D eigenvalue weighted by Crippen LogP contribution is -2.28. The lowest BCUT2D eigenvalue weighted by atomic mass is 10.0. The van der Waals surface area contributed by atoms with Crippen LogP contribution in [0.1, 0.15) is 57.1 Å². The third kappa shape index (κ3) is 5.88. The number of hydrogen-bond donors (Lipinski definition) is 1. The summed E-state index contributed by atoms with van der Waals surface area (Å²) in [6, 6.07) is 9.48. The predicted octanol–water partition coefficient (Wildman–Crippen LogP) is 4.44. The quantitative estimate of drug-likeness (QED) is 0.700. The van der Waals surface area contributed by atoms with Crippen molar-refractivity contribution in [3.8, 4) is 0 Å². The fourth-order valence-electron chi connectivity index (χ4n) is 2.23. The fraction of sp³-hybridized carbons (Fsp3) is 0.625. The van der Waals surface area contributed by atoms with Crippen LogP contribution in [0.25, 0.3) is 0 Å². The molecule has 1 N–H and O–H groups in total. The van der Waals surface area contributed by atoms with Crippen molar-refractivity contribution in [1.82, 2.24) is 5.32 Å². The molecule has 1 rings (SSSR count). The second kappa shape index (κ2) is 8.30. The van der Waals surface area contributed by atoms with Gasteiger partial charge in [-0.15, -0.1) is 0 Å². The first-order chi connectivity index (χ1) is 8.26. The van der Waals surface area contributed by atoms with Crippen molar-refractivity contribution >= 4 is 0 Å². The summed E-state index contributed by atoms with van der Waals surface area (Å²) in [6.07, 6.45) is 6.52. The highest BCUT2D eigenvalue weighted by atomic mass is 14.9. The smallest absolute Gasteiger partial charge is 0.0208 e. The molecule has 0 bridgehead atoms. The molecule has 0 aromatic heterocycles. The average molecular weight is 233 g/mol. The van der Waals surface area contributed by atoms with E-state index in [-0.39, 0.29) is 0 Å². The van der Waals surface area contributed by atoms with E-state index >= 15 is 0 Å². The summed E-state index contributed by atoms with van der Waals surface area (Å²) in [5, 5.41) is 3.70. The van der Waals surface area contributed by atoms with E-state index in [1.165, 1.54) is 43.2 Å². The second-order valence-electron chi connectivity index (χ2n) is 5.00. The zero-order valence-corrected chi connectivity index (χ0v) is 11.6. The minimum absolute atomic E-state index is 0.695. The Bertz CT molecular complexity index is 306. The first-order valence-corrected chi connectivity index (χ1v) is 7.05. The van der Waals surface area contributed by atoms with Crippen LogP contribution in [0.3, 0.4) is 0 Å². The molecule has 1 aromatic rings. The van der Waals surface area contributed by atoms with E-state index in [4.69, 9.17) is 0 Å². The van der Waals surface area contributed by atoms with E-state index in [1.807, 2.05) is 0 Å². The number of aryl methyl sites for hydroxylation is 1. The Morgan fingerprint density at radius 3 is 2.59 bits per heavy atom. The van der Waals surface area contributed by atoms with Crippen molar-refractivity contribution in [1.29, 1.82) is 0 Å². The zero-order chi connectivity index (χ0) is 12.5. The zero-order valence-electron chi connectivity index (χ0n) is 11.6. The van der Waals surface area contributed by atoms with Crippen LogP contribution in [0.5, 0.6) is 0 Å². The molecular formula is C16H27N. The molecule has 0 spiro atoms. The van der Waals surface area contributed by atoms with Crippen LogP contribution >= 0.6 is 0 Å². The summed E-state index contributed by atoms with van der Waals surface area (Å²) in [6.45, 7) is 7.71. The summed E-state index contributed by atoms with van der Waals surface area (Å²) >= 11 is 0. The maximum Gasteiger partial charge on any atom is 0.0208 e. The third-order valence-electron chi connectivity index (χ3n) is 3.22. The summed E-state index contributed by atoms with van der Waals surface area (Å²) in [5.74, 6) is 0. The molecule has 0 heterocycles. The van der Waals surface area contributed by atoms with Gasteiger partial charge in [-0.05, 0) is 25.3 Å². The molecule has 1 atom stereocenters. The van der Waals surface area contributed by atoms with Gasteiger partial charge in [0.2, 0.25) is 0 Å². The van der Waals surface area contributed by atoms with Crippen LogP contribution in [0.2, 0.25) is 0 Å². The van der Waals surface area contributed by atoms with Crippen molar-refractivity contribution in [3.05, 3.63) is 35.4 Å². The first kappa shape index (κ1) is 14.2. The number of rotatable bonds is 8. The van der Waals surface area contributed by atoms with E-state index in [1.54, 1.807) is 0 Å². The Labute approximate surface area is 107 Å². The topological polar surface area (TPSA) is 12.0 Å². The predicted molar refractivity (Wildman–Crippen MR) is 76.2 cm³/mol. The van der Waals surface area contributed by atoms with E-state index in [2.05, 4.69) is 50.4 Å². The molecule has 1 heteroatoms. The molecule has 1 nitrogen and oxygen atoms in total. The second-order valence-corrected chi connectivity index (χ2v) is 5.00. The molecule has 1 aromatic carbocycles. The highest BCUT2D eigenvalue weighted by Gasteiger charge is 2.06. The van der Waals surface area contributed by atoms with Gasteiger partial charge in [0.25, 0.3) is 0 Å². The number of nitrogens with one attached hydrogen (secondary N) is 1. The van der Waals surface area contributed by atoms with Crippen molar-refractivity contribution in [3.63, 3.8) is 0 Å². The lowest BCUT2D eigenvalue weighted by molar-refractivity contribution is 0.434. The van der Waals surface area contributed by atoms with Gasteiger partial charge >= 0.3 is 0 Å². The van der Waals surface area contributed by atoms with Gasteiger partial charge in [-0.2, -0.15) is 0 Å². The van der Waals surface area contributed by atoms with Crippen molar-refractivity contribution < 1.29 is 0 Å². The summed E-state index contributed by atoms with van der Waals surface area (Å²) in [7, 11) is 0. The van der Waals surface area contributed by atoms with Crippen molar-refractivity contribution in [2.24, 2.45) is 0 Å². The summed E-state index contributed by atoms with van der Waals surface area (Å²) < 4.78 is 0. The molecule has 0 aliphatic heterocycles. The van der Waals surface area contributed by atoms with E-state index in [0.29, 0.717) is 6.04 Å². The molecule has 0 saturated carbocycles. The van der Waals surface area contributed by atoms with E-state index < -0.39 is 0 Å². The maximum atomic E-state index is 3.70. The molecule has 0 radical (unpaired) electrons. The minimum atomic E-state index is 0.695. The molecule has 17 heavy (non-hydrogen) atoms. The van der Waals surface area contributed by atoms with Crippen LogP contribution in [-0.4, -0.2) is 6.04 Å². The SMILES string of the molecule is CCCCC(CCC)NCc1cccc(C)c1. The Morgan fingerprint density at radius 1 is 1.12 bits per heavy atom. The first-order valence-electron chi connectivity index (χ1n) is 7.05. The Morgan fingerprint density at radius 2 is 1.94 bits per heavy atom. The molecule has 0 fully saturated rings. The van der Waals surface area contributed by atoms with E-state index in [9.17, 15) is 0 Å². The monoisotopic (exact) mass is 233 g/mol. The average Bonchev–Trinajstić information content (AvgIpc) is 2.33. The van der Waals surface area contributed by atoms with Gasteiger partial charge in [0.05, 0.1) is 0 Å². The summed E-state index contributed by atoms with van der Waals surface area (Å²) in [5.41, 5.74) is 2.76. The van der Waals surface area contributed by atoms with Gasteiger partial charge in [0.15, 0.2) is 0 Å². The normalized spacial score (nSPS) is 12.6. The third-order valence-corrected chi connectivity index (χ3v) is 3.22. The molecule has 0 amide bonds.